The third kappa shape index (κ3) is 3.86. The Balaban J connectivity index is 2.28. The van der Waals surface area contributed by atoms with Crippen molar-refractivity contribution in [2.45, 2.75) is 17.6 Å². The minimum absolute atomic E-state index is 0.223. The molecule has 2 aromatic rings. The summed E-state index contributed by atoms with van der Waals surface area (Å²) < 4.78 is 25.2. The van der Waals surface area contributed by atoms with Gasteiger partial charge in [-0.25, -0.2) is 13.2 Å². The van der Waals surface area contributed by atoms with E-state index in [1.165, 1.54) is 12.1 Å². The molecule has 0 saturated carbocycles. The minimum atomic E-state index is -3.44. The number of aromatic carboxylic acids is 1. The van der Waals surface area contributed by atoms with Crippen LogP contribution in [0.15, 0.2) is 47.4 Å². The number of rotatable bonds is 5. The molecule has 2 rings (SSSR count). The lowest BCUT2D eigenvalue weighted by Crippen LogP contribution is -2.04. The predicted octanol–water partition coefficient (Wildman–Crippen LogP) is 2.92. The molecular weight excluding hydrogens is 336 g/mol. The number of hydrogen-bond donors (Lipinski definition) is 3. The van der Waals surface area contributed by atoms with Crippen molar-refractivity contribution in [3.63, 3.8) is 0 Å². The van der Waals surface area contributed by atoms with Crippen LogP contribution in [-0.2, 0) is 14.6 Å². The van der Waals surface area contributed by atoms with Crippen molar-refractivity contribution >= 4 is 24.8 Å². The second-order valence-electron chi connectivity index (χ2n) is 5.23. The van der Waals surface area contributed by atoms with Gasteiger partial charge in [0.2, 0.25) is 8.87 Å². The summed E-state index contributed by atoms with van der Waals surface area (Å²) in [6.07, 6.45) is 1.65. The highest BCUT2D eigenvalue weighted by Crippen LogP contribution is 2.39. The molecule has 0 aromatic heterocycles. The fraction of sp³-hybridized carbons (Fsp3) is 0.188. The van der Waals surface area contributed by atoms with E-state index in [2.05, 4.69) is 0 Å². The smallest absolute Gasteiger partial charge is 0.339 e. The van der Waals surface area contributed by atoms with Crippen LogP contribution in [0.5, 0.6) is 5.75 Å². The zero-order valence-corrected chi connectivity index (χ0v) is 14.4. The maximum atomic E-state index is 12.6. The third-order valence-corrected chi connectivity index (χ3v) is 9.41. The molecule has 0 radical (unpaired) electrons. The summed E-state index contributed by atoms with van der Waals surface area (Å²) in [5, 5.41) is 18.5. The molecule has 0 aliphatic rings. The molecule has 1 unspecified atom stereocenters. The highest BCUT2D eigenvalue weighted by molar-refractivity contribution is 8.80. The lowest BCUT2D eigenvalue weighted by Gasteiger charge is -2.17. The third-order valence-electron chi connectivity index (χ3n) is 3.43. The fourth-order valence-corrected chi connectivity index (χ4v) is 6.21. The number of phenols is 1. The Morgan fingerprint density at radius 3 is 2.30 bits per heavy atom. The fourth-order valence-electron chi connectivity index (χ4n) is 2.09. The van der Waals surface area contributed by atoms with Crippen LogP contribution < -0.4 is 0 Å². The minimum Gasteiger partial charge on any atom is -0.507 e. The Hall–Kier alpha value is -1.99. The first-order valence-corrected chi connectivity index (χ1v) is 10.9. The van der Waals surface area contributed by atoms with Crippen molar-refractivity contribution in [1.29, 1.82) is 0 Å². The predicted molar refractivity (Wildman–Crippen MR) is 92.0 cm³/mol. The standard InChI is InChI=1S/C16H18O5S2/c1-11-3-6-13(7-4-11)23(20,21)22(2)10-12-5-8-15(17)14(9-12)16(18)19/h3-9,17,22H,10H2,1-2H3,(H,18,19). The Kier molecular flexibility index (Phi) is 5.01. The maximum absolute atomic E-state index is 12.6. The lowest BCUT2D eigenvalue weighted by molar-refractivity contribution is 0.0693. The van der Waals surface area contributed by atoms with Crippen LogP contribution in [0.3, 0.4) is 0 Å². The molecule has 1 atom stereocenters. The van der Waals surface area contributed by atoms with Crippen LogP contribution in [0.4, 0.5) is 0 Å². The molecule has 2 N–H and O–H groups in total. The summed E-state index contributed by atoms with van der Waals surface area (Å²) in [5.74, 6) is -1.35. The maximum Gasteiger partial charge on any atom is 0.339 e. The summed E-state index contributed by atoms with van der Waals surface area (Å²) >= 11 is 0. The largest absolute Gasteiger partial charge is 0.507 e. The summed E-state index contributed by atoms with van der Waals surface area (Å²) in [6.45, 7) is 1.88. The molecule has 0 bridgehead atoms. The van der Waals surface area contributed by atoms with Gasteiger partial charge in [0.1, 0.15) is 11.3 Å². The summed E-state index contributed by atoms with van der Waals surface area (Å²) in [4.78, 5) is 11.3. The number of carboxylic acids is 1. The Morgan fingerprint density at radius 1 is 1.13 bits per heavy atom. The van der Waals surface area contributed by atoms with E-state index in [4.69, 9.17) is 5.11 Å². The van der Waals surface area contributed by atoms with Crippen molar-refractivity contribution < 1.29 is 23.4 Å². The van der Waals surface area contributed by atoms with Gasteiger partial charge in [-0.1, -0.05) is 23.8 Å². The zero-order chi connectivity index (χ0) is 17.2. The van der Waals surface area contributed by atoms with Gasteiger partial charge in [-0.15, -0.1) is 9.93 Å². The van der Waals surface area contributed by atoms with Crippen molar-refractivity contribution in [3.05, 3.63) is 59.2 Å². The van der Waals surface area contributed by atoms with Gasteiger partial charge in [-0.2, -0.15) is 0 Å². The molecule has 2 aromatic carbocycles. The first-order valence-electron chi connectivity index (χ1n) is 6.80. The Morgan fingerprint density at radius 2 is 1.74 bits per heavy atom. The van der Waals surface area contributed by atoms with E-state index >= 15 is 0 Å². The highest BCUT2D eigenvalue weighted by atomic mass is 33.2. The van der Waals surface area contributed by atoms with Gasteiger partial charge in [0.25, 0.3) is 0 Å². The highest BCUT2D eigenvalue weighted by Gasteiger charge is 2.21. The summed E-state index contributed by atoms with van der Waals surface area (Å²) in [6, 6.07) is 10.8. The van der Waals surface area contributed by atoms with E-state index in [1.807, 2.05) is 6.92 Å². The van der Waals surface area contributed by atoms with Crippen LogP contribution in [-0.4, -0.2) is 30.9 Å². The van der Waals surface area contributed by atoms with Crippen LogP contribution in [0.2, 0.25) is 0 Å². The molecule has 0 saturated heterocycles. The summed E-state index contributed by atoms with van der Waals surface area (Å²) in [7, 11) is -4.87. The molecular formula is C16H18O5S2. The van der Waals surface area contributed by atoms with E-state index < -0.39 is 24.8 Å². The van der Waals surface area contributed by atoms with E-state index in [9.17, 15) is 18.3 Å². The van der Waals surface area contributed by atoms with E-state index in [0.717, 1.165) is 5.56 Å². The Labute approximate surface area is 137 Å². The summed E-state index contributed by atoms with van der Waals surface area (Å²) in [5.41, 5.74) is 1.33. The average molecular weight is 354 g/mol. The molecule has 0 amide bonds. The van der Waals surface area contributed by atoms with Crippen molar-refractivity contribution in [2.75, 3.05) is 6.26 Å². The molecule has 7 heteroatoms. The van der Waals surface area contributed by atoms with E-state index in [-0.39, 0.29) is 22.0 Å². The number of carboxylic acid groups (broad SMARTS) is 1. The van der Waals surface area contributed by atoms with Gasteiger partial charge < -0.3 is 10.2 Å². The molecule has 0 fully saturated rings. The van der Waals surface area contributed by atoms with Gasteiger partial charge in [0, 0.05) is 5.75 Å². The molecule has 124 valence electrons. The first-order chi connectivity index (χ1) is 10.7. The van der Waals surface area contributed by atoms with Gasteiger partial charge in [0.15, 0.2) is 0 Å². The number of hydrogen-bond acceptors (Lipinski definition) is 4. The Bertz CT molecular complexity index is 826. The molecule has 0 spiro atoms. The molecule has 23 heavy (non-hydrogen) atoms. The van der Waals surface area contributed by atoms with E-state index in [0.29, 0.717) is 5.56 Å². The van der Waals surface area contributed by atoms with Gasteiger partial charge >= 0.3 is 5.97 Å². The van der Waals surface area contributed by atoms with E-state index in [1.54, 1.807) is 36.6 Å². The van der Waals surface area contributed by atoms with Gasteiger partial charge in [0.05, 0.1) is 4.90 Å². The van der Waals surface area contributed by atoms with Crippen LogP contribution in [0, 0.1) is 6.92 Å². The first kappa shape index (κ1) is 17.4. The normalized spacial score (nSPS) is 13.6. The van der Waals surface area contributed by atoms with Crippen molar-refractivity contribution in [2.24, 2.45) is 0 Å². The number of aromatic hydroxyl groups is 1. The van der Waals surface area contributed by atoms with Crippen molar-refractivity contribution in [3.8, 4) is 5.75 Å². The number of thiol groups is 1. The SMILES string of the molecule is Cc1ccc(S(=O)(=O)[SH](C)Cc2ccc(O)c(C(=O)O)c2)cc1. The number of benzene rings is 2. The van der Waals surface area contributed by atoms with Crippen LogP contribution >= 0.6 is 9.93 Å². The molecule has 0 aliphatic carbocycles. The molecule has 0 aliphatic heterocycles. The monoisotopic (exact) mass is 354 g/mol. The molecule has 5 nitrogen and oxygen atoms in total. The van der Waals surface area contributed by atoms with Gasteiger partial charge in [-0.05, 0) is 43.0 Å². The molecule has 0 heterocycles. The number of aryl methyl sites for hydroxylation is 1. The average Bonchev–Trinajstić information content (AvgIpc) is 2.49. The second kappa shape index (κ2) is 6.64. The van der Waals surface area contributed by atoms with Crippen molar-refractivity contribution in [1.82, 2.24) is 0 Å². The lowest BCUT2D eigenvalue weighted by atomic mass is 10.1. The topological polar surface area (TPSA) is 91.7 Å². The zero-order valence-electron chi connectivity index (χ0n) is 12.7. The van der Waals surface area contributed by atoms with Crippen LogP contribution in [0.1, 0.15) is 21.5 Å². The van der Waals surface area contributed by atoms with Gasteiger partial charge in [-0.3, -0.25) is 0 Å². The second-order valence-corrected chi connectivity index (χ2v) is 11.5. The number of carbonyl (C=O) groups is 1. The van der Waals surface area contributed by atoms with Crippen LogP contribution in [0.25, 0.3) is 0 Å². The quantitative estimate of drug-likeness (QED) is 0.567.